The number of nitrogens with zero attached hydrogens (tertiary/aromatic N) is 5. The molecule has 0 aliphatic carbocycles. The largest absolute Gasteiger partial charge is 0.396 e. The maximum Gasteiger partial charge on any atom is 0.272 e. The van der Waals surface area contributed by atoms with Gasteiger partial charge < -0.3 is 16.0 Å². The maximum atomic E-state index is 13.7. The van der Waals surface area contributed by atoms with Gasteiger partial charge in [-0.25, -0.2) is 23.7 Å². The maximum absolute atomic E-state index is 13.7. The van der Waals surface area contributed by atoms with E-state index in [1.54, 1.807) is 24.1 Å². The van der Waals surface area contributed by atoms with Gasteiger partial charge in [-0.2, -0.15) is 0 Å². The fourth-order valence-electron chi connectivity index (χ4n) is 2.73. The molecular formula is C21H23F2N7. The molecule has 0 radical (unpaired) electrons. The number of nitrogen functional groups attached to an aromatic ring is 1. The zero-order valence-corrected chi connectivity index (χ0v) is 17.0. The van der Waals surface area contributed by atoms with Crippen LogP contribution in [0, 0.1) is 0 Å². The molecule has 0 fully saturated rings. The Morgan fingerprint density at radius 3 is 2.70 bits per heavy atom. The summed E-state index contributed by atoms with van der Waals surface area (Å²) in [5, 5.41) is 3.10. The molecule has 0 spiro atoms. The van der Waals surface area contributed by atoms with Gasteiger partial charge in [0.15, 0.2) is 5.82 Å². The Morgan fingerprint density at radius 1 is 1.23 bits per heavy atom. The summed E-state index contributed by atoms with van der Waals surface area (Å²) >= 11 is 0. The number of aromatic nitrogens is 4. The van der Waals surface area contributed by atoms with Gasteiger partial charge >= 0.3 is 0 Å². The van der Waals surface area contributed by atoms with E-state index in [0.29, 0.717) is 34.4 Å². The summed E-state index contributed by atoms with van der Waals surface area (Å²) in [6, 6.07) is 6.53. The second-order valence-corrected chi connectivity index (χ2v) is 6.84. The predicted octanol–water partition coefficient (Wildman–Crippen LogP) is 4.21. The number of halogens is 2. The number of alkyl halides is 2. The zero-order chi connectivity index (χ0) is 21.9. The van der Waals surface area contributed by atoms with Crippen LogP contribution in [0.25, 0.3) is 11.3 Å². The number of hydrogen-bond acceptors (Lipinski definition) is 7. The Labute approximate surface area is 173 Å². The Balaban J connectivity index is 1.88. The number of nitrogens with one attached hydrogen (secondary N) is 1. The van der Waals surface area contributed by atoms with E-state index in [9.17, 15) is 8.78 Å². The Hall–Kier alpha value is -3.62. The number of anilines is 3. The van der Waals surface area contributed by atoms with E-state index in [1.165, 1.54) is 18.6 Å². The molecule has 7 nitrogen and oxygen atoms in total. The molecular weight excluding hydrogens is 388 g/mol. The van der Waals surface area contributed by atoms with E-state index in [1.807, 2.05) is 13.0 Å². The molecule has 3 rings (SSSR count). The smallest absolute Gasteiger partial charge is 0.272 e. The van der Waals surface area contributed by atoms with Crippen molar-refractivity contribution in [1.82, 2.24) is 19.9 Å². The van der Waals surface area contributed by atoms with E-state index >= 15 is 0 Å². The lowest BCUT2D eigenvalue weighted by molar-refractivity contribution is 0.0171. The highest BCUT2D eigenvalue weighted by atomic mass is 19.3. The summed E-state index contributed by atoms with van der Waals surface area (Å²) in [4.78, 5) is 18.5. The van der Waals surface area contributed by atoms with Gasteiger partial charge in [0.05, 0.1) is 11.4 Å². The molecule has 0 aromatic carbocycles. The lowest BCUT2D eigenvalue weighted by Crippen LogP contribution is -2.24. The highest BCUT2D eigenvalue weighted by Gasteiger charge is 2.25. The SMILES string of the molecule is C=C(Nc1cc(CC)ncn1)N(C)c1nc(-c2cncc(C(C)(F)F)c2)ccc1N. The molecule has 0 atom stereocenters. The molecule has 0 bridgehead atoms. The molecule has 0 saturated heterocycles. The van der Waals surface area contributed by atoms with Crippen molar-refractivity contribution < 1.29 is 8.78 Å². The third kappa shape index (κ3) is 4.68. The lowest BCUT2D eigenvalue weighted by Gasteiger charge is -2.23. The molecule has 0 amide bonds. The molecule has 3 aromatic heterocycles. The topological polar surface area (TPSA) is 92.9 Å². The van der Waals surface area contributed by atoms with Gasteiger partial charge in [0.2, 0.25) is 0 Å². The molecule has 30 heavy (non-hydrogen) atoms. The number of pyridine rings is 2. The first-order valence-corrected chi connectivity index (χ1v) is 9.30. The van der Waals surface area contributed by atoms with Gasteiger partial charge in [0.1, 0.15) is 18.0 Å². The molecule has 0 saturated carbocycles. The fraction of sp³-hybridized carbons (Fsp3) is 0.238. The van der Waals surface area contributed by atoms with Crippen LogP contribution in [0.2, 0.25) is 0 Å². The van der Waals surface area contributed by atoms with E-state index in [2.05, 4.69) is 31.8 Å². The van der Waals surface area contributed by atoms with Gasteiger partial charge in [-0.3, -0.25) is 4.98 Å². The summed E-state index contributed by atoms with van der Waals surface area (Å²) in [5.41, 5.74) is 8.15. The summed E-state index contributed by atoms with van der Waals surface area (Å²) in [7, 11) is 1.74. The fourth-order valence-corrected chi connectivity index (χ4v) is 2.73. The van der Waals surface area contributed by atoms with Crippen molar-refractivity contribution >= 4 is 17.3 Å². The number of rotatable bonds is 7. The van der Waals surface area contributed by atoms with Crippen molar-refractivity contribution in [2.24, 2.45) is 0 Å². The van der Waals surface area contributed by atoms with Gasteiger partial charge in [-0.05, 0) is 24.6 Å². The van der Waals surface area contributed by atoms with Crippen LogP contribution in [0.4, 0.5) is 26.1 Å². The summed E-state index contributed by atoms with van der Waals surface area (Å²) in [6.45, 7) is 6.85. The number of nitrogens with two attached hydrogens (primary N) is 1. The van der Waals surface area contributed by atoms with E-state index in [4.69, 9.17) is 5.73 Å². The number of hydrogen-bond donors (Lipinski definition) is 2. The Bertz CT molecular complexity index is 1060. The summed E-state index contributed by atoms with van der Waals surface area (Å²) in [6.07, 6.45) is 4.88. The molecule has 3 N–H and O–H groups in total. The summed E-state index contributed by atoms with van der Waals surface area (Å²) in [5.74, 6) is -1.50. The first kappa shape index (κ1) is 21.1. The van der Waals surface area contributed by atoms with Crippen molar-refractivity contribution in [2.45, 2.75) is 26.2 Å². The van der Waals surface area contributed by atoms with Gasteiger partial charge in [-0.1, -0.05) is 13.5 Å². The second kappa shape index (κ2) is 8.40. The zero-order valence-electron chi connectivity index (χ0n) is 17.0. The van der Waals surface area contributed by atoms with E-state index < -0.39 is 5.92 Å². The first-order valence-electron chi connectivity index (χ1n) is 9.30. The predicted molar refractivity (Wildman–Crippen MR) is 114 cm³/mol. The third-order valence-corrected chi connectivity index (χ3v) is 4.53. The van der Waals surface area contributed by atoms with Gasteiger partial charge in [0, 0.05) is 49.3 Å². The van der Waals surface area contributed by atoms with Crippen LogP contribution in [0.5, 0.6) is 0 Å². The minimum Gasteiger partial charge on any atom is -0.396 e. The average Bonchev–Trinajstić information content (AvgIpc) is 2.73. The third-order valence-electron chi connectivity index (χ3n) is 4.53. The normalized spacial score (nSPS) is 11.2. The quantitative estimate of drug-likeness (QED) is 0.602. The summed E-state index contributed by atoms with van der Waals surface area (Å²) < 4.78 is 27.3. The van der Waals surface area contributed by atoms with Crippen LogP contribution in [0.1, 0.15) is 25.1 Å². The van der Waals surface area contributed by atoms with Crippen LogP contribution in [0.3, 0.4) is 0 Å². The number of aryl methyl sites for hydroxylation is 1. The van der Waals surface area contributed by atoms with E-state index in [0.717, 1.165) is 25.2 Å². The van der Waals surface area contributed by atoms with Gasteiger partial charge in [-0.15, -0.1) is 0 Å². The van der Waals surface area contributed by atoms with Crippen LogP contribution < -0.4 is 16.0 Å². The molecule has 3 aromatic rings. The first-order chi connectivity index (χ1) is 14.2. The van der Waals surface area contributed by atoms with Crippen LogP contribution in [0.15, 0.2) is 55.4 Å². The van der Waals surface area contributed by atoms with Crippen LogP contribution in [-0.4, -0.2) is 27.0 Å². The lowest BCUT2D eigenvalue weighted by atomic mass is 10.1. The van der Waals surface area contributed by atoms with Crippen molar-refractivity contribution in [2.75, 3.05) is 23.0 Å². The monoisotopic (exact) mass is 411 g/mol. The van der Waals surface area contributed by atoms with Crippen LogP contribution in [-0.2, 0) is 12.3 Å². The molecule has 156 valence electrons. The van der Waals surface area contributed by atoms with Crippen molar-refractivity contribution in [3.63, 3.8) is 0 Å². The van der Waals surface area contributed by atoms with Crippen LogP contribution >= 0.6 is 0 Å². The minimum absolute atomic E-state index is 0.185. The van der Waals surface area contributed by atoms with Gasteiger partial charge in [0.25, 0.3) is 5.92 Å². The highest BCUT2D eigenvalue weighted by molar-refractivity contribution is 5.72. The molecule has 0 unspecified atom stereocenters. The molecule has 9 heteroatoms. The highest BCUT2D eigenvalue weighted by Crippen LogP contribution is 2.31. The van der Waals surface area contributed by atoms with Crippen molar-refractivity contribution in [1.29, 1.82) is 0 Å². The molecule has 0 aliphatic rings. The Morgan fingerprint density at radius 2 is 2.00 bits per heavy atom. The second-order valence-electron chi connectivity index (χ2n) is 6.84. The van der Waals surface area contributed by atoms with Crippen molar-refractivity contribution in [3.8, 4) is 11.3 Å². The standard InChI is InChI=1S/C21H23F2N7/c1-5-16-9-19(27-12-26-16)28-13(2)30(4)20-17(24)6-7-18(29-20)14-8-15(11-25-10-14)21(3,22)23/h6-12H,2,5,24H2,1,3-4H3,(H,26,27,28). The van der Waals surface area contributed by atoms with E-state index in [-0.39, 0.29) is 5.56 Å². The Kier molecular flexibility index (Phi) is 5.91. The van der Waals surface area contributed by atoms with Crippen molar-refractivity contribution in [3.05, 3.63) is 66.6 Å². The average molecular weight is 411 g/mol. The minimum atomic E-state index is -3.00. The molecule has 3 heterocycles. The molecule has 0 aliphatic heterocycles.